The van der Waals surface area contributed by atoms with E-state index in [0.717, 1.165) is 12.1 Å². The van der Waals surface area contributed by atoms with E-state index in [1.54, 1.807) is 13.2 Å². The van der Waals surface area contributed by atoms with Crippen molar-refractivity contribution >= 4 is 18.3 Å². The number of nitrogens with one attached hydrogen (secondary N) is 2. The molecular weight excluding hydrogens is 318 g/mol. The van der Waals surface area contributed by atoms with E-state index in [2.05, 4.69) is 15.8 Å². The number of carbonyl (C=O) groups excluding carboxylic acids is 1. The third-order valence-corrected chi connectivity index (χ3v) is 3.86. The van der Waals surface area contributed by atoms with Crippen LogP contribution in [0.5, 0.6) is 0 Å². The molecule has 2 heterocycles. The lowest BCUT2D eigenvalue weighted by atomic mass is 10.1. The summed E-state index contributed by atoms with van der Waals surface area (Å²) in [6, 6.07) is 9.50. The first-order valence-electron chi connectivity index (χ1n) is 7.25. The Morgan fingerprint density at radius 3 is 2.78 bits per heavy atom. The third-order valence-electron chi connectivity index (χ3n) is 3.86. The molecule has 1 aromatic heterocycles. The number of ether oxygens (including phenoxy) is 1. The van der Waals surface area contributed by atoms with Crippen LogP contribution in [-0.4, -0.2) is 43.4 Å². The zero-order chi connectivity index (χ0) is 15.5. The normalized spacial score (nSPS) is 20.1. The van der Waals surface area contributed by atoms with Crippen LogP contribution in [0.3, 0.4) is 0 Å². The fourth-order valence-electron chi connectivity index (χ4n) is 2.53. The summed E-state index contributed by atoms with van der Waals surface area (Å²) in [6.07, 6.45) is -0.0246. The van der Waals surface area contributed by atoms with E-state index < -0.39 is 0 Å². The van der Waals surface area contributed by atoms with Gasteiger partial charge in [-0.3, -0.25) is 4.79 Å². The molecule has 0 bridgehead atoms. The topological polar surface area (TPSA) is 76.4 Å². The SMILES string of the molecule is CO[C@H]1CNCC1NC(=O)c1cc(-c2ccc(C)cc2)no1.Cl. The van der Waals surface area contributed by atoms with Crippen molar-refractivity contribution < 1.29 is 14.1 Å². The molecule has 1 saturated heterocycles. The molecule has 23 heavy (non-hydrogen) atoms. The molecule has 1 aliphatic heterocycles. The highest BCUT2D eigenvalue weighted by Crippen LogP contribution is 2.19. The highest BCUT2D eigenvalue weighted by molar-refractivity contribution is 5.92. The Morgan fingerprint density at radius 1 is 1.35 bits per heavy atom. The summed E-state index contributed by atoms with van der Waals surface area (Å²) < 4.78 is 10.5. The van der Waals surface area contributed by atoms with Crippen LogP contribution < -0.4 is 10.6 Å². The molecule has 0 saturated carbocycles. The molecule has 1 amide bonds. The lowest BCUT2D eigenvalue weighted by molar-refractivity contribution is 0.0754. The zero-order valence-electron chi connectivity index (χ0n) is 13.0. The lowest BCUT2D eigenvalue weighted by Gasteiger charge is -2.17. The Morgan fingerprint density at radius 2 is 2.09 bits per heavy atom. The maximum absolute atomic E-state index is 12.2. The highest BCUT2D eigenvalue weighted by atomic mass is 35.5. The fourth-order valence-corrected chi connectivity index (χ4v) is 2.53. The minimum atomic E-state index is -0.276. The Kier molecular flexibility index (Phi) is 5.76. The summed E-state index contributed by atoms with van der Waals surface area (Å²) in [4.78, 5) is 12.2. The Balaban J connectivity index is 0.00000192. The lowest BCUT2D eigenvalue weighted by Crippen LogP contribution is -2.43. The summed E-state index contributed by atoms with van der Waals surface area (Å²) in [6.45, 7) is 3.43. The van der Waals surface area contributed by atoms with Gasteiger partial charge in [-0.2, -0.15) is 0 Å². The van der Waals surface area contributed by atoms with Crippen LogP contribution in [0.4, 0.5) is 0 Å². The largest absolute Gasteiger partial charge is 0.378 e. The number of halogens is 1. The van der Waals surface area contributed by atoms with E-state index in [9.17, 15) is 4.79 Å². The molecule has 0 spiro atoms. The standard InChI is InChI=1S/C16H19N3O3.ClH/c1-10-3-5-11(6-4-10)12-7-14(22-19-12)16(20)18-13-8-17-9-15(13)21-2;/h3-7,13,15,17H,8-9H2,1-2H3,(H,18,20);1H/t13?,15-;/m0./s1. The van der Waals surface area contributed by atoms with Gasteiger partial charge in [0.1, 0.15) is 5.69 Å². The van der Waals surface area contributed by atoms with Crippen LogP contribution in [0.15, 0.2) is 34.9 Å². The molecular formula is C16H20ClN3O3. The average molecular weight is 338 g/mol. The molecule has 7 heteroatoms. The van der Waals surface area contributed by atoms with E-state index in [1.165, 1.54) is 5.56 Å². The van der Waals surface area contributed by atoms with Crippen molar-refractivity contribution in [3.63, 3.8) is 0 Å². The fraction of sp³-hybridized carbons (Fsp3) is 0.375. The van der Waals surface area contributed by atoms with Gasteiger partial charge >= 0.3 is 0 Å². The van der Waals surface area contributed by atoms with E-state index in [-0.39, 0.29) is 36.2 Å². The van der Waals surface area contributed by atoms with Crippen LogP contribution in [0.2, 0.25) is 0 Å². The number of carbonyl (C=O) groups is 1. The van der Waals surface area contributed by atoms with Gasteiger partial charge in [-0.05, 0) is 6.92 Å². The summed E-state index contributed by atoms with van der Waals surface area (Å²) in [5, 5.41) is 10.1. The van der Waals surface area contributed by atoms with E-state index in [1.807, 2.05) is 31.2 Å². The van der Waals surface area contributed by atoms with Crippen molar-refractivity contribution in [1.82, 2.24) is 15.8 Å². The number of methoxy groups -OCH3 is 1. The van der Waals surface area contributed by atoms with Gasteiger partial charge in [0.05, 0.1) is 12.1 Å². The maximum atomic E-state index is 12.2. The average Bonchev–Trinajstić information content (AvgIpc) is 3.16. The number of benzene rings is 1. The molecule has 2 atom stereocenters. The van der Waals surface area contributed by atoms with Gasteiger partial charge in [0.2, 0.25) is 5.76 Å². The van der Waals surface area contributed by atoms with Crippen LogP contribution in [0.1, 0.15) is 16.1 Å². The molecule has 2 N–H and O–H groups in total. The molecule has 6 nitrogen and oxygen atoms in total. The van der Waals surface area contributed by atoms with Gasteiger partial charge in [-0.1, -0.05) is 35.0 Å². The molecule has 1 unspecified atom stereocenters. The van der Waals surface area contributed by atoms with Crippen LogP contribution >= 0.6 is 12.4 Å². The van der Waals surface area contributed by atoms with Crippen molar-refractivity contribution in [2.75, 3.05) is 20.2 Å². The van der Waals surface area contributed by atoms with Crippen LogP contribution in [-0.2, 0) is 4.74 Å². The van der Waals surface area contributed by atoms with Gasteiger partial charge < -0.3 is 19.9 Å². The summed E-state index contributed by atoms with van der Waals surface area (Å²) in [5.41, 5.74) is 2.74. The van der Waals surface area contributed by atoms with Crippen molar-refractivity contribution in [3.8, 4) is 11.3 Å². The predicted molar refractivity (Wildman–Crippen MR) is 88.8 cm³/mol. The molecule has 1 aliphatic rings. The molecule has 3 rings (SSSR count). The van der Waals surface area contributed by atoms with E-state index >= 15 is 0 Å². The Labute approximate surface area is 141 Å². The van der Waals surface area contributed by atoms with Gasteiger partial charge in [0.25, 0.3) is 5.91 Å². The number of rotatable bonds is 4. The second kappa shape index (κ2) is 7.59. The zero-order valence-corrected chi connectivity index (χ0v) is 13.9. The number of hydrogen-bond acceptors (Lipinski definition) is 5. The number of amides is 1. The van der Waals surface area contributed by atoms with Crippen molar-refractivity contribution in [2.45, 2.75) is 19.1 Å². The summed E-state index contributed by atoms with van der Waals surface area (Å²) >= 11 is 0. The number of hydrogen-bond donors (Lipinski definition) is 2. The quantitative estimate of drug-likeness (QED) is 0.889. The molecule has 0 radical (unpaired) electrons. The first-order chi connectivity index (χ1) is 10.7. The van der Waals surface area contributed by atoms with E-state index in [0.29, 0.717) is 12.2 Å². The third kappa shape index (κ3) is 3.90. The smallest absolute Gasteiger partial charge is 0.290 e. The minimum absolute atomic E-state index is 0. The van der Waals surface area contributed by atoms with Gasteiger partial charge in [-0.15, -0.1) is 12.4 Å². The number of aryl methyl sites for hydroxylation is 1. The predicted octanol–water partition coefficient (Wildman–Crippen LogP) is 1.79. The van der Waals surface area contributed by atoms with Crippen molar-refractivity contribution in [1.29, 1.82) is 0 Å². The van der Waals surface area contributed by atoms with Gasteiger partial charge in [0, 0.05) is 31.8 Å². The Hall–Kier alpha value is -1.89. The first kappa shape index (κ1) is 17.5. The highest BCUT2D eigenvalue weighted by Gasteiger charge is 2.29. The number of nitrogens with zero attached hydrogens (tertiary/aromatic N) is 1. The van der Waals surface area contributed by atoms with E-state index in [4.69, 9.17) is 9.26 Å². The maximum Gasteiger partial charge on any atom is 0.290 e. The van der Waals surface area contributed by atoms with Crippen LogP contribution in [0, 0.1) is 6.92 Å². The molecule has 1 aromatic carbocycles. The van der Waals surface area contributed by atoms with Crippen molar-refractivity contribution in [3.05, 3.63) is 41.7 Å². The molecule has 2 aromatic rings. The Bertz CT molecular complexity index is 657. The summed E-state index contributed by atoms with van der Waals surface area (Å²) in [5.74, 6) is -0.0704. The second-order valence-corrected chi connectivity index (χ2v) is 5.45. The second-order valence-electron chi connectivity index (χ2n) is 5.45. The van der Waals surface area contributed by atoms with Crippen molar-refractivity contribution in [2.24, 2.45) is 0 Å². The first-order valence-corrected chi connectivity index (χ1v) is 7.25. The molecule has 124 valence electrons. The van der Waals surface area contributed by atoms with Gasteiger partial charge in [-0.25, -0.2) is 0 Å². The van der Waals surface area contributed by atoms with Gasteiger partial charge in [0.15, 0.2) is 0 Å². The number of aromatic nitrogens is 1. The monoisotopic (exact) mass is 337 g/mol. The molecule has 0 aliphatic carbocycles. The minimum Gasteiger partial charge on any atom is -0.378 e. The molecule has 1 fully saturated rings. The summed E-state index contributed by atoms with van der Waals surface area (Å²) in [7, 11) is 1.64. The van der Waals surface area contributed by atoms with Crippen LogP contribution in [0.25, 0.3) is 11.3 Å².